The van der Waals surface area contributed by atoms with E-state index in [2.05, 4.69) is 0 Å². The average Bonchev–Trinajstić information content (AvgIpc) is 2.44. The van der Waals surface area contributed by atoms with E-state index in [0.29, 0.717) is 11.0 Å². The van der Waals surface area contributed by atoms with Crippen LogP contribution in [0.2, 0.25) is 0 Å². The van der Waals surface area contributed by atoms with Crippen molar-refractivity contribution in [1.29, 1.82) is 0 Å². The zero-order valence-electron chi connectivity index (χ0n) is 8.30. The normalized spacial score (nSPS) is 10.8. The van der Waals surface area contributed by atoms with Crippen LogP contribution in [0.5, 0.6) is 0 Å². The highest BCUT2D eigenvalue weighted by atomic mass is 16.6. The van der Waals surface area contributed by atoms with Crippen LogP contribution in [0.3, 0.4) is 0 Å². The number of hydrogen-bond acceptors (Lipinski definition) is 3. The Morgan fingerprint density at radius 2 is 1.93 bits per heavy atom. The molecule has 0 aliphatic carbocycles. The van der Waals surface area contributed by atoms with Gasteiger partial charge in [0.15, 0.2) is 0 Å². The maximum Gasteiger partial charge on any atom is 0.328 e. The first-order valence-corrected chi connectivity index (χ1v) is 4.33. The van der Waals surface area contributed by atoms with Gasteiger partial charge < -0.3 is 0 Å². The topological polar surface area (TPSA) is 70.1 Å². The van der Waals surface area contributed by atoms with Crippen LogP contribution in [0.4, 0.5) is 5.69 Å². The lowest BCUT2D eigenvalue weighted by atomic mass is 10.2. The van der Waals surface area contributed by atoms with Gasteiger partial charge in [-0.15, -0.1) is 0 Å². The number of imidazole rings is 1. The van der Waals surface area contributed by atoms with Crippen LogP contribution in [0.25, 0.3) is 11.0 Å². The molecule has 1 heterocycles. The Morgan fingerprint density at radius 3 is 2.53 bits per heavy atom. The van der Waals surface area contributed by atoms with Gasteiger partial charge in [-0.3, -0.25) is 19.2 Å². The summed E-state index contributed by atoms with van der Waals surface area (Å²) in [6, 6.07) is 4.64. The molecule has 0 aliphatic rings. The van der Waals surface area contributed by atoms with E-state index in [1.165, 1.54) is 22.2 Å². The number of aromatic nitrogens is 2. The van der Waals surface area contributed by atoms with Gasteiger partial charge in [-0.25, -0.2) is 4.79 Å². The average molecular weight is 207 g/mol. The molecule has 2 rings (SSSR count). The fourth-order valence-electron chi connectivity index (χ4n) is 1.70. The standard InChI is InChI=1S/C9H9N3O3/c1-10-6-4-3-5-7(12(14)15)8(6)11(2)9(10)13/h3-5H,1-2H3. The maximum atomic E-state index is 11.6. The highest BCUT2D eigenvalue weighted by Gasteiger charge is 2.18. The Kier molecular flexibility index (Phi) is 1.85. The van der Waals surface area contributed by atoms with Crippen LogP contribution in [-0.4, -0.2) is 14.1 Å². The number of rotatable bonds is 1. The molecule has 15 heavy (non-hydrogen) atoms. The molecule has 78 valence electrons. The lowest BCUT2D eigenvalue weighted by Crippen LogP contribution is -2.19. The van der Waals surface area contributed by atoms with Crippen LogP contribution in [0, 0.1) is 10.1 Å². The molecule has 0 N–H and O–H groups in total. The van der Waals surface area contributed by atoms with Crippen molar-refractivity contribution in [2.75, 3.05) is 0 Å². The van der Waals surface area contributed by atoms with Gasteiger partial charge >= 0.3 is 5.69 Å². The lowest BCUT2D eigenvalue weighted by Gasteiger charge is -1.95. The zero-order valence-corrected chi connectivity index (χ0v) is 8.30. The van der Waals surface area contributed by atoms with Crippen molar-refractivity contribution in [1.82, 2.24) is 9.13 Å². The minimum atomic E-state index is -0.484. The summed E-state index contributed by atoms with van der Waals surface area (Å²) >= 11 is 0. The summed E-state index contributed by atoms with van der Waals surface area (Å²) in [5.41, 5.74) is 0.610. The molecule has 0 amide bonds. The van der Waals surface area contributed by atoms with Crippen molar-refractivity contribution in [3.8, 4) is 0 Å². The molecule has 0 spiro atoms. The Balaban J connectivity index is 3.05. The molecule has 6 heteroatoms. The fourth-order valence-corrected chi connectivity index (χ4v) is 1.70. The quantitative estimate of drug-likeness (QED) is 0.512. The summed E-state index contributed by atoms with van der Waals surface area (Å²) < 4.78 is 2.68. The smallest absolute Gasteiger partial charge is 0.295 e. The molecule has 0 saturated carbocycles. The molecule has 2 aromatic rings. The van der Waals surface area contributed by atoms with Gasteiger partial charge in [0.25, 0.3) is 5.69 Å². The summed E-state index contributed by atoms with van der Waals surface area (Å²) in [6.45, 7) is 0. The van der Waals surface area contributed by atoms with Crippen molar-refractivity contribution in [3.05, 3.63) is 38.8 Å². The second-order valence-corrected chi connectivity index (χ2v) is 3.30. The Morgan fingerprint density at radius 1 is 1.27 bits per heavy atom. The number of para-hydroxylation sites is 1. The van der Waals surface area contributed by atoms with Gasteiger partial charge in [0.05, 0.1) is 10.4 Å². The highest BCUT2D eigenvalue weighted by molar-refractivity contribution is 5.85. The number of fused-ring (bicyclic) bond motifs is 1. The van der Waals surface area contributed by atoms with Crippen LogP contribution in [0.15, 0.2) is 23.0 Å². The third-order valence-electron chi connectivity index (χ3n) is 2.46. The summed E-state index contributed by atoms with van der Waals surface area (Å²) in [5, 5.41) is 10.8. The molecule has 0 atom stereocenters. The second-order valence-electron chi connectivity index (χ2n) is 3.30. The molecular formula is C9H9N3O3. The van der Waals surface area contributed by atoms with E-state index in [-0.39, 0.29) is 11.4 Å². The predicted octanol–water partition coefficient (Wildman–Crippen LogP) is 0.785. The molecule has 0 radical (unpaired) electrons. The van der Waals surface area contributed by atoms with Crippen molar-refractivity contribution in [2.24, 2.45) is 14.1 Å². The van der Waals surface area contributed by atoms with E-state index in [0.717, 1.165) is 0 Å². The van der Waals surface area contributed by atoms with Crippen molar-refractivity contribution >= 4 is 16.7 Å². The zero-order chi connectivity index (χ0) is 11.2. The molecule has 1 aromatic carbocycles. The molecule has 0 saturated heterocycles. The van der Waals surface area contributed by atoms with E-state index in [9.17, 15) is 14.9 Å². The van der Waals surface area contributed by atoms with E-state index < -0.39 is 4.92 Å². The van der Waals surface area contributed by atoms with Crippen molar-refractivity contribution < 1.29 is 4.92 Å². The molecule has 0 aliphatic heterocycles. The van der Waals surface area contributed by atoms with Crippen LogP contribution in [-0.2, 0) is 14.1 Å². The van der Waals surface area contributed by atoms with E-state index in [1.807, 2.05) is 0 Å². The number of non-ortho nitro benzene ring substituents is 1. The fraction of sp³-hybridized carbons (Fsp3) is 0.222. The van der Waals surface area contributed by atoms with Crippen molar-refractivity contribution in [2.45, 2.75) is 0 Å². The van der Waals surface area contributed by atoms with Gasteiger partial charge in [0.2, 0.25) is 0 Å². The molecule has 0 bridgehead atoms. The third kappa shape index (κ3) is 1.14. The molecular weight excluding hydrogens is 198 g/mol. The third-order valence-corrected chi connectivity index (χ3v) is 2.46. The monoisotopic (exact) mass is 207 g/mol. The summed E-state index contributed by atoms with van der Waals surface area (Å²) in [7, 11) is 3.12. The van der Waals surface area contributed by atoms with Crippen molar-refractivity contribution in [3.63, 3.8) is 0 Å². The molecule has 0 unspecified atom stereocenters. The summed E-state index contributed by atoms with van der Waals surface area (Å²) in [4.78, 5) is 21.9. The number of hydrogen-bond donors (Lipinski definition) is 0. The number of aryl methyl sites for hydroxylation is 2. The van der Waals surface area contributed by atoms with E-state index in [1.54, 1.807) is 19.2 Å². The number of benzene rings is 1. The molecule has 0 fully saturated rings. The van der Waals surface area contributed by atoms with Gasteiger partial charge in [0.1, 0.15) is 5.52 Å². The van der Waals surface area contributed by atoms with Gasteiger partial charge in [-0.05, 0) is 6.07 Å². The largest absolute Gasteiger partial charge is 0.328 e. The first-order chi connectivity index (χ1) is 7.04. The predicted molar refractivity (Wildman–Crippen MR) is 54.8 cm³/mol. The molecule has 6 nitrogen and oxygen atoms in total. The van der Waals surface area contributed by atoms with Crippen LogP contribution >= 0.6 is 0 Å². The Bertz CT molecular complexity index is 609. The van der Waals surface area contributed by atoms with Gasteiger partial charge in [-0.1, -0.05) is 6.07 Å². The van der Waals surface area contributed by atoms with Gasteiger partial charge in [0, 0.05) is 20.2 Å². The maximum absolute atomic E-state index is 11.6. The SMILES string of the molecule is Cn1c(=O)n(C)c2c([N+](=O)[O-])cccc21. The summed E-state index contributed by atoms with van der Waals surface area (Å²) in [6.07, 6.45) is 0. The lowest BCUT2D eigenvalue weighted by molar-refractivity contribution is -0.383. The Labute approximate surface area is 84.5 Å². The summed E-state index contributed by atoms with van der Waals surface area (Å²) in [5.74, 6) is 0. The number of nitro groups is 1. The van der Waals surface area contributed by atoms with Crippen LogP contribution in [0.1, 0.15) is 0 Å². The first-order valence-electron chi connectivity index (χ1n) is 4.33. The number of nitrogens with zero attached hydrogens (tertiary/aromatic N) is 3. The van der Waals surface area contributed by atoms with Gasteiger partial charge in [-0.2, -0.15) is 0 Å². The van der Waals surface area contributed by atoms with E-state index in [4.69, 9.17) is 0 Å². The molecule has 1 aromatic heterocycles. The Hall–Kier alpha value is -2.11. The van der Waals surface area contributed by atoms with Crippen LogP contribution < -0.4 is 5.69 Å². The second kappa shape index (κ2) is 2.94. The highest BCUT2D eigenvalue weighted by Crippen LogP contribution is 2.23. The first kappa shape index (κ1) is 9.45. The number of nitro benzene ring substituents is 1. The minimum absolute atomic E-state index is 0.0484. The minimum Gasteiger partial charge on any atom is -0.295 e. The van der Waals surface area contributed by atoms with E-state index >= 15 is 0 Å².